The van der Waals surface area contributed by atoms with Crippen LogP contribution in [0.4, 0.5) is 0 Å². The second kappa shape index (κ2) is 7.87. The van der Waals surface area contributed by atoms with Gasteiger partial charge in [-0.1, -0.05) is 71.7 Å². The minimum absolute atomic E-state index is 0.605. The Morgan fingerprint density at radius 1 is 0.909 bits per heavy atom. The summed E-state index contributed by atoms with van der Waals surface area (Å²) in [6.07, 6.45) is 0. The van der Waals surface area contributed by atoms with Gasteiger partial charge in [-0.15, -0.1) is 0 Å². The Hall–Kier alpha value is -2.86. The van der Waals surface area contributed by atoms with E-state index >= 15 is 0 Å². The summed E-state index contributed by atoms with van der Waals surface area (Å²) >= 11 is 6.55. The molecule has 0 bridgehead atoms. The first kappa shape index (κ1) is 22.0. The number of hydrogen-bond acceptors (Lipinski definition) is 4. The molecule has 1 radical (unpaired) electrons. The molecule has 0 fully saturated rings. The van der Waals surface area contributed by atoms with Crippen molar-refractivity contribution in [2.24, 2.45) is 0 Å². The number of nitrogens with zero attached hydrogens (tertiary/aromatic N) is 1. The molecule has 0 aliphatic rings. The van der Waals surface area contributed by atoms with Crippen molar-refractivity contribution in [3.05, 3.63) is 71.8 Å². The van der Waals surface area contributed by atoms with Crippen LogP contribution in [0.25, 0.3) is 44.1 Å². The highest BCUT2D eigenvalue weighted by Crippen LogP contribution is 2.40. The molecule has 5 aromatic rings. The number of fused-ring (bicyclic) bond motifs is 5. The fraction of sp³-hybridized carbons (Fsp3) is 0.222. The molecule has 5 rings (SSSR count). The predicted molar refractivity (Wildman–Crippen MR) is 136 cm³/mol. The van der Waals surface area contributed by atoms with Crippen molar-refractivity contribution in [1.29, 1.82) is 0 Å². The number of para-hydroxylation sites is 2. The van der Waals surface area contributed by atoms with Gasteiger partial charge in [-0.25, -0.2) is 4.98 Å². The highest BCUT2D eigenvalue weighted by molar-refractivity contribution is 6.47. The third-order valence-electron chi connectivity index (χ3n) is 6.44. The molecule has 1 N–H and O–H groups in total. The lowest BCUT2D eigenvalue weighted by molar-refractivity contribution is -0.0893. The summed E-state index contributed by atoms with van der Waals surface area (Å²) < 4.78 is 12.2. The van der Waals surface area contributed by atoms with Crippen LogP contribution in [0, 0.1) is 0 Å². The van der Waals surface area contributed by atoms with Crippen molar-refractivity contribution in [3.63, 3.8) is 0 Å². The van der Waals surface area contributed by atoms with Crippen LogP contribution in [-0.2, 0) is 4.65 Å². The van der Waals surface area contributed by atoms with E-state index in [-0.39, 0.29) is 0 Å². The average molecular weight is 457 g/mol. The summed E-state index contributed by atoms with van der Waals surface area (Å²) in [4.78, 5) is 4.92. The number of benzene rings is 3. The van der Waals surface area contributed by atoms with Gasteiger partial charge in [0.2, 0.25) is 0 Å². The molecule has 3 aromatic carbocycles. The maximum absolute atomic E-state index is 10.3. The third-order valence-corrected chi connectivity index (χ3v) is 6.74. The average Bonchev–Trinajstić information content (AvgIpc) is 3.17. The number of hydrogen-bond donors (Lipinski definition) is 1. The van der Waals surface area contributed by atoms with E-state index in [2.05, 4.69) is 6.07 Å². The number of pyridine rings is 1. The van der Waals surface area contributed by atoms with Gasteiger partial charge in [0.15, 0.2) is 5.58 Å². The fourth-order valence-corrected chi connectivity index (χ4v) is 3.96. The van der Waals surface area contributed by atoms with Gasteiger partial charge in [0.05, 0.1) is 21.7 Å². The minimum atomic E-state index is -0.982. The van der Waals surface area contributed by atoms with E-state index < -0.39 is 11.2 Å². The maximum Gasteiger partial charge on any atom is 0.330 e. The van der Waals surface area contributed by atoms with Gasteiger partial charge >= 0.3 is 7.48 Å². The van der Waals surface area contributed by atoms with Gasteiger partial charge in [0, 0.05) is 21.7 Å². The smallest absolute Gasteiger partial charge is 0.330 e. The van der Waals surface area contributed by atoms with E-state index in [1.165, 1.54) is 0 Å². The van der Waals surface area contributed by atoms with Crippen LogP contribution in [0.2, 0.25) is 5.02 Å². The minimum Gasteiger partial charge on any atom is -0.454 e. The van der Waals surface area contributed by atoms with Crippen LogP contribution < -0.4 is 5.46 Å². The van der Waals surface area contributed by atoms with Gasteiger partial charge in [-0.05, 0) is 39.8 Å². The molecule has 0 aliphatic carbocycles. The van der Waals surface area contributed by atoms with Crippen molar-refractivity contribution in [3.8, 4) is 11.3 Å². The van der Waals surface area contributed by atoms with Crippen molar-refractivity contribution >= 4 is 57.4 Å². The fourth-order valence-electron chi connectivity index (χ4n) is 3.75. The summed E-state index contributed by atoms with van der Waals surface area (Å²) in [6, 6.07) is 21.7. The van der Waals surface area contributed by atoms with Gasteiger partial charge in [-0.3, -0.25) is 0 Å². The zero-order valence-electron chi connectivity index (χ0n) is 19.0. The van der Waals surface area contributed by atoms with Crippen LogP contribution in [0.1, 0.15) is 27.7 Å². The Bertz CT molecular complexity index is 1480. The Morgan fingerprint density at radius 2 is 1.61 bits per heavy atom. The highest BCUT2D eigenvalue weighted by Gasteiger charge is 2.35. The molecule has 6 heteroatoms. The lowest BCUT2D eigenvalue weighted by Gasteiger charge is -2.37. The van der Waals surface area contributed by atoms with Crippen molar-refractivity contribution < 1.29 is 14.2 Å². The standard InChI is InChI=1S/C27H24BClNO3/c1-26(2,31)27(3,4)33-28-17-14-12-16(13-15-17)23-25-22(18-8-5-6-11-21(18)32-25)19-9-7-10-20(29)24(19)30-23/h5-15,31H,1-4H3. The van der Waals surface area contributed by atoms with Gasteiger partial charge in [-0.2, -0.15) is 0 Å². The molecule has 0 atom stereocenters. The monoisotopic (exact) mass is 456 g/mol. The molecule has 0 saturated heterocycles. The molecule has 0 saturated carbocycles. The second-order valence-electron chi connectivity index (χ2n) is 9.33. The van der Waals surface area contributed by atoms with E-state index in [4.69, 9.17) is 25.7 Å². The van der Waals surface area contributed by atoms with Crippen molar-refractivity contribution in [2.45, 2.75) is 38.9 Å². The molecule has 2 heterocycles. The molecule has 33 heavy (non-hydrogen) atoms. The van der Waals surface area contributed by atoms with Gasteiger partial charge in [0.1, 0.15) is 11.3 Å². The third kappa shape index (κ3) is 3.80. The summed E-state index contributed by atoms with van der Waals surface area (Å²) in [7, 11) is 1.67. The Morgan fingerprint density at radius 3 is 2.33 bits per heavy atom. The summed E-state index contributed by atoms with van der Waals surface area (Å²) in [5.74, 6) is 0. The van der Waals surface area contributed by atoms with Gasteiger partial charge in [0.25, 0.3) is 0 Å². The van der Waals surface area contributed by atoms with Crippen LogP contribution in [-0.4, -0.2) is 28.8 Å². The first-order valence-electron chi connectivity index (χ1n) is 10.9. The molecular formula is C27H24BClNO3. The Labute approximate surface area is 198 Å². The summed E-state index contributed by atoms with van der Waals surface area (Å²) in [6.45, 7) is 7.19. The van der Waals surface area contributed by atoms with E-state index in [1.807, 2.05) is 74.5 Å². The topological polar surface area (TPSA) is 55.5 Å². The van der Waals surface area contributed by atoms with Crippen molar-refractivity contribution in [1.82, 2.24) is 4.98 Å². The molecule has 0 spiro atoms. The number of halogens is 1. The van der Waals surface area contributed by atoms with Gasteiger partial charge < -0.3 is 14.2 Å². The first-order chi connectivity index (χ1) is 15.7. The largest absolute Gasteiger partial charge is 0.454 e. The lowest BCUT2D eigenvalue weighted by atomic mass is 9.82. The first-order valence-corrected chi connectivity index (χ1v) is 11.3. The summed E-state index contributed by atoms with van der Waals surface area (Å²) in [5, 5.41) is 13.9. The normalized spacial score (nSPS) is 12.7. The number of rotatable bonds is 5. The quantitative estimate of drug-likeness (QED) is 0.317. The van der Waals surface area contributed by atoms with Crippen LogP contribution in [0.3, 0.4) is 0 Å². The van der Waals surface area contributed by atoms with E-state index in [0.717, 1.165) is 49.6 Å². The number of aliphatic hydroxyl groups is 1. The van der Waals surface area contributed by atoms with Crippen LogP contribution in [0.15, 0.2) is 71.1 Å². The second-order valence-corrected chi connectivity index (χ2v) is 9.73. The molecule has 0 unspecified atom stereocenters. The molecule has 0 aliphatic heterocycles. The van der Waals surface area contributed by atoms with Crippen LogP contribution in [0.5, 0.6) is 0 Å². The maximum atomic E-state index is 10.3. The number of aromatic nitrogens is 1. The zero-order chi connectivity index (χ0) is 23.4. The number of furan rings is 1. The lowest BCUT2D eigenvalue weighted by Crippen LogP contribution is -2.49. The molecule has 2 aromatic heterocycles. The Balaban J connectivity index is 1.60. The highest BCUT2D eigenvalue weighted by atomic mass is 35.5. The molecule has 4 nitrogen and oxygen atoms in total. The van der Waals surface area contributed by atoms with Crippen molar-refractivity contribution in [2.75, 3.05) is 0 Å². The molecule has 165 valence electrons. The van der Waals surface area contributed by atoms with Crippen LogP contribution >= 0.6 is 11.6 Å². The zero-order valence-corrected chi connectivity index (χ0v) is 19.8. The molecule has 0 amide bonds. The predicted octanol–water partition coefficient (Wildman–Crippen LogP) is 6.27. The SMILES string of the molecule is CC(C)(O)C(C)(C)O[B]c1ccc(-c2nc3c(Cl)cccc3c3c2oc2ccccc23)cc1. The Kier molecular flexibility index (Phi) is 5.24. The summed E-state index contributed by atoms with van der Waals surface area (Å²) in [5.41, 5.74) is 3.13. The van der Waals surface area contributed by atoms with E-state index in [1.54, 1.807) is 21.3 Å². The molecular weight excluding hydrogens is 433 g/mol. The van der Waals surface area contributed by atoms with E-state index in [9.17, 15) is 5.11 Å². The van der Waals surface area contributed by atoms with E-state index in [0.29, 0.717) is 5.02 Å².